The van der Waals surface area contributed by atoms with E-state index in [1.54, 1.807) is 11.8 Å². The molecular weight excluding hydrogens is 370 g/mol. The van der Waals surface area contributed by atoms with Crippen molar-refractivity contribution in [2.75, 3.05) is 32.9 Å². The molecule has 0 amide bonds. The fourth-order valence-corrected chi connectivity index (χ4v) is 3.79. The van der Waals surface area contributed by atoms with Gasteiger partial charge in [0.25, 0.3) is 11.2 Å². The van der Waals surface area contributed by atoms with Gasteiger partial charge in [-0.2, -0.15) is 11.8 Å². The first-order valence-corrected chi connectivity index (χ1v) is 11.2. The van der Waals surface area contributed by atoms with Crippen molar-refractivity contribution < 1.29 is 8.63 Å². The smallest absolute Gasteiger partial charge is 0.269 e. The largest absolute Gasteiger partial charge is 0.464 e. The SMILES string of the molecule is CCCCCNC1=NS(=O)N=C1NCCSCc1ccc(CN(C)C)o1. The summed E-state index contributed by atoms with van der Waals surface area (Å²) in [4.78, 5) is 2.08. The second-order valence-corrected chi connectivity index (χ2v) is 8.26. The number of amidine groups is 2. The van der Waals surface area contributed by atoms with Gasteiger partial charge in [0.05, 0.1) is 12.3 Å². The van der Waals surface area contributed by atoms with Crippen molar-refractivity contribution in [1.82, 2.24) is 15.5 Å². The van der Waals surface area contributed by atoms with E-state index in [2.05, 4.69) is 31.3 Å². The zero-order chi connectivity index (χ0) is 18.8. The Balaban J connectivity index is 1.64. The zero-order valence-electron chi connectivity index (χ0n) is 15.8. The molecule has 0 saturated carbocycles. The van der Waals surface area contributed by atoms with Crippen molar-refractivity contribution in [3.63, 3.8) is 0 Å². The summed E-state index contributed by atoms with van der Waals surface area (Å²) in [7, 11) is 4.05. The molecule has 0 spiro atoms. The second-order valence-electron chi connectivity index (χ2n) is 6.33. The number of rotatable bonds is 11. The Labute approximate surface area is 162 Å². The van der Waals surface area contributed by atoms with Gasteiger partial charge in [-0.1, -0.05) is 19.8 Å². The lowest BCUT2D eigenvalue weighted by molar-refractivity contribution is 0.344. The van der Waals surface area contributed by atoms with Crippen LogP contribution >= 0.6 is 11.8 Å². The number of furan rings is 1. The van der Waals surface area contributed by atoms with Gasteiger partial charge in [0.2, 0.25) is 0 Å². The Kier molecular flexibility index (Phi) is 9.21. The maximum absolute atomic E-state index is 11.5. The molecule has 1 aromatic rings. The first kappa shape index (κ1) is 21.0. The molecule has 1 unspecified atom stereocenters. The first-order chi connectivity index (χ1) is 12.6. The number of nitrogens with one attached hydrogen (secondary N) is 2. The fraction of sp³-hybridized carbons (Fsp3) is 0.647. The molecule has 0 saturated heterocycles. The van der Waals surface area contributed by atoms with Crippen LogP contribution in [0.15, 0.2) is 25.3 Å². The van der Waals surface area contributed by atoms with Crippen molar-refractivity contribution in [2.24, 2.45) is 8.80 Å². The van der Waals surface area contributed by atoms with E-state index in [1.807, 2.05) is 26.2 Å². The van der Waals surface area contributed by atoms with Crippen LogP contribution in [0.25, 0.3) is 0 Å². The Morgan fingerprint density at radius 2 is 1.81 bits per heavy atom. The normalized spacial score (nSPS) is 16.7. The highest BCUT2D eigenvalue weighted by molar-refractivity contribution is 7.98. The molecule has 2 heterocycles. The lowest BCUT2D eigenvalue weighted by Gasteiger charge is -2.09. The number of unbranched alkanes of at least 4 members (excludes halogenated alkanes) is 2. The van der Waals surface area contributed by atoms with Gasteiger partial charge in [0.15, 0.2) is 11.7 Å². The Hall–Kier alpha value is -1.32. The molecule has 26 heavy (non-hydrogen) atoms. The minimum absolute atomic E-state index is 0.603. The Morgan fingerprint density at radius 3 is 2.50 bits per heavy atom. The van der Waals surface area contributed by atoms with E-state index in [1.165, 1.54) is 12.8 Å². The van der Waals surface area contributed by atoms with Crippen LogP contribution in [0.3, 0.4) is 0 Å². The van der Waals surface area contributed by atoms with Crippen molar-refractivity contribution in [1.29, 1.82) is 0 Å². The average molecular weight is 400 g/mol. The predicted octanol–water partition coefficient (Wildman–Crippen LogP) is 2.33. The quantitative estimate of drug-likeness (QED) is 0.556. The van der Waals surface area contributed by atoms with Crippen molar-refractivity contribution in [3.05, 3.63) is 23.7 Å². The van der Waals surface area contributed by atoms with E-state index in [9.17, 15) is 4.21 Å². The lowest BCUT2D eigenvalue weighted by Crippen LogP contribution is -2.39. The van der Waals surface area contributed by atoms with Gasteiger partial charge >= 0.3 is 0 Å². The molecule has 0 bridgehead atoms. The van der Waals surface area contributed by atoms with E-state index in [-0.39, 0.29) is 0 Å². The van der Waals surface area contributed by atoms with Crippen LogP contribution in [0.2, 0.25) is 0 Å². The van der Waals surface area contributed by atoms with Crippen molar-refractivity contribution >= 4 is 34.6 Å². The summed E-state index contributed by atoms with van der Waals surface area (Å²) in [6.45, 7) is 4.55. The minimum atomic E-state index is -1.50. The van der Waals surface area contributed by atoms with E-state index in [4.69, 9.17) is 4.42 Å². The monoisotopic (exact) mass is 399 g/mol. The summed E-state index contributed by atoms with van der Waals surface area (Å²) >= 11 is 0.283. The van der Waals surface area contributed by atoms with E-state index >= 15 is 0 Å². The lowest BCUT2D eigenvalue weighted by atomic mass is 10.2. The van der Waals surface area contributed by atoms with Gasteiger partial charge in [0.1, 0.15) is 11.5 Å². The summed E-state index contributed by atoms with van der Waals surface area (Å²) in [6.07, 6.45) is 3.41. The van der Waals surface area contributed by atoms with E-state index in [0.29, 0.717) is 11.7 Å². The van der Waals surface area contributed by atoms with Crippen molar-refractivity contribution in [2.45, 2.75) is 38.5 Å². The van der Waals surface area contributed by atoms with Gasteiger partial charge < -0.3 is 20.0 Å². The van der Waals surface area contributed by atoms with Gasteiger partial charge in [0, 0.05) is 18.8 Å². The van der Waals surface area contributed by atoms with Crippen molar-refractivity contribution in [3.8, 4) is 0 Å². The van der Waals surface area contributed by atoms with Crippen LogP contribution in [0.5, 0.6) is 0 Å². The number of hydrogen-bond acceptors (Lipinski definition) is 6. The summed E-state index contributed by atoms with van der Waals surface area (Å²) in [5.74, 6) is 4.94. The minimum Gasteiger partial charge on any atom is -0.464 e. The van der Waals surface area contributed by atoms with E-state index in [0.717, 1.165) is 49.1 Å². The molecule has 0 radical (unpaired) electrons. The van der Waals surface area contributed by atoms with Crippen LogP contribution < -0.4 is 10.6 Å². The number of thioether (sulfide) groups is 1. The summed E-state index contributed by atoms with van der Waals surface area (Å²) in [5, 5.41) is 6.45. The molecule has 2 rings (SSSR count). The molecule has 9 heteroatoms. The molecule has 1 aliphatic heterocycles. The molecular formula is C17H29N5O2S2. The summed E-state index contributed by atoms with van der Waals surface area (Å²) in [6, 6.07) is 4.07. The van der Waals surface area contributed by atoms with Gasteiger partial charge in [-0.25, -0.2) is 4.21 Å². The summed E-state index contributed by atoms with van der Waals surface area (Å²) < 4.78 is 25.4. The third-order valence-corrected chi connectivity index (χ3v) is 5.27. The summed E-state index contributed by atoms with van der Waals surface area (Å²) in [5.41, 5.74) is 0. The molecule has 1 aromatic heterocycles. The molecule has 7 nitrogen and oxygen atoms in total. The average Bonchev–Trinajstić information content (AvgIpc) is 3.17. The Bertz CT molecular complexity index is 643. The van der Waals surface area contributed by atoms with Crippen LogP contribution in [0.4, 0.5) is 0 Å². The molecule has 0 fully saturated rings. The zero-order valence-corrected chi connectivity index (χ0v) is 17.4. The molecule has 2 N–H and O–H groups in total. The number of hydrogen-bond donors (Lipinski definition) is 2. The van der Waals surface area contributed by atoms with Crippen LogP contribution in [-0.4, -0.2) is 53.7 Å². The topological polar surface area (TPSA) is 82.2 Å². The number of nitrogens with zero attached hydrogens (tertiary/aromatic N) is 3. The highest BCUT2D eigenvalue weighted by Gasteiger charge is 2.17. The molecule has 0 aromatic carbocycles. The maximum atomic E-state index is 11.5. The third-order valence-electron chi connectivity index (χ3n) is 3.61. The van der Waals surface area contributed by atoms with Crippen LogP contribution in [0, 0.1) is 0 Å². The highest BCUT2D eigenvalue weighted by atomic mass is 32.2. The molecule has 1 aliphatic rings. The van der Waals surface area contributed by atoms with Gasteiger partial charge in [-0.05, 0) is 32.6 Å². The first-order valence-electron chi connectivity index (χ1n) is 8.96. The second kappa shape index (κ2) is 11.4. The fourth-order valence-electron chi connectivity index (χ4n) is 2.39. The molecule has 146 valence electrons. The van der Waals surface area contributed by atoms with Crippen LogP contribution in [-0.2, 0) is 23.5 Å². The standard InChI is InChI=1S/C17H29N5O2S2/c1-4-5-6-9-18-16-17(21-26(23)20-16)19-10-11-25-13-15-8-7-14(24-15)12-22(2)3/h7-8H,4-6,9-13H2,1-3H3,(H,18,20)(H,19,21). The Morgan fingerprint density at radius 1 is 1.12 bits per heavy atom. The molecule has 1 atom stereocenters. The molecule has 0 aliphatic carbocycles. The maximum Gasteiger partial charge on any atom is 0.269 e. The highest BCUT2D eigenvalue weighted by Crippen LogP contribution is 2.16. The predicted molar refractivity (Wildman–Crippen MR) is 111 cm³/mol. The third kappa shape index (κ3) is 7.51. The van der Waals surface area contributed by atoms with Gasteiger partial charge in [-0.3, -0.25) is 0 Å². The van der Waals surface area contributed by atoms with E-state index < -0.39 is 11.2 Å². The van der Waals surface area contributed by atoms with Crippen LogP contribution in [0.1, 0.15) is 37.7 Å². The van der Waals surface area contributed by atoms with Gasteiger partial charge in [-0.15, -0.1) is 8.80 Å².